The van der Waals surface area contributed by atoms with E-state index in [2.05, 4.69) is 5.32 Å². The van der Waals surface area contributed by atoms with Crippen molar-refractivity contribution in [3.8, 4) is 0 Å². The van der Waals surface area contributed by atoms with Gasteiger partial charge in [0.2, 0.25) is 5.91 Å². The molecule has 0 aromatic carbocycles. The van der Waals surface area contributed by atoms with Crippen LogP contribution in [0.1, 0.15) is 33.1 Å². The van der Waals surface area contributed by atoms with E-state index in [-0.39, 0.29) is 12.5 Å². The highest BCUT2D eigenvalue weighted by atomic mass is 32.2. The number of thioether (sulfide) groups is 1. The largest absolute Gasteiger partial charge is 0.394 e. The molecule has 0 atom stereocenters. The van der Waals surface area contributed by atoms with Crippen LogP contribution in [0.25, 0.3) is 0 Å². The van der Waals surface area contributed by atoms with Crippen molar-refractivity contribution < 1.29 is 9.90 Å². The molecule has 4 heteroatoms. The van der Waals surface area contributed by atoms with Crippen LogP contribution in [0.4, 0.5) is 0 Å². The monoisotopic (exact) mass is 219 g/mol. The zero-order chi connectivity index (χ0) is 11.0. The minimum absolute atomic E-state index is 0.0189. The van der Waals surface area contributed by atoms with E-state index in [1.165, 1.54) is 0 Å². The van der Waals surface area contributed by atoms with Gasteiger partial charge < -0.3 is 10.4 Å². The first-order valence-electron chi connectivity index (χ1n) is 5.05. The van der Waals surface area contributed by atoms with Crippen LogP contribution in [-0.4, -0.2) is 35.2 Å². The van der Waals surface area contributed by atoms with Gasteiger partial charge in [-0.3, -0.25) is 4.79 Å². The van der Waals surface area contributed by atoms with Crippen LogP contribution in [0.5, 0.6) is 0 Å². The van der Waals surface area contributed by atoms with Crippen molar-refractivity contribution in [2.24, 2.45) is 0 Å². The summed E-state index contributed by atoms with van der Waals surface area (Å²) < 4.78 is 0. The fraction of sp³-hybridized carbons (Fsp3) is 0.900. The molecule has 1 amide bonds. The van der Waals surface area contributed by atoms with Crippen LogP contribution < -0.4 is 5.32 Å². The lowest BCUT2D eigenvalue weighted by Crippen LogP contribution is -2.50. The van der Waals surface area contributed by atoms with E-state index in [9.17, 15) is 9.90 Å². The maximum absolute atomic E-state index is 11.5. The number of aliphatic hydroxyl groups is 1. The third-order valence-electron chi connectivity index (χ3n) is 2.59. The van der Waals surface area contributed by atoms with Gasteiger partial charge in [-0.1, -0.05) is 13.8 Å². The quantitative estimate of drug-likeness (QED) is 0.680. The molecule has 0 spiro atoms. The molecule has 0 aliphatic carbocycles. The Bertz CT molecular complexity index is 161. The number of rotatable bonds is 7. The Hall–Kier alpha value is -0.220. The van der Waals surface area contributed by atoms with Gasteiger partial charge in [-0.05, 0) is 19.1 Å². The molecular formula is C10H21NO2S. The number of aliphatic hydroxyl groups excluding tert-OH is 1. The Morgan fingerprint density at radius 2 is 2.00 bits per heavy atom. The summed E-state index contributed by atoms with van der Waals surface area (Å²) in [5.74, 6) is 0.873. The van der Waals surface area contributed by atoms with Gasteiger partial charge in [0.05, 0.1) is 12.1 Å². The molecule has 0 aliphatic heterocycles. The topological polar surface area (TPSA) is 49.3 Å². The van der Waals surface area contributed by atoms with E-state index in [1.807, 2.05) is 20.1 Å². The summed E-state index contributed by atoms with van der Waals surface area (Å²) in [7, 11) is 0. The molecule has 0 radical (unpaired) electrons. The predicted molar refractivity (Wildman–Crippen MR) is 61.5 cm³/mol. The molecule has 14 heavy (non-hydrogen) atoms. The summed E-state index contributed by atoms with van der Waals surface area (Å²) in [5, 5.41) is 12.1. The normalized spacial score (nSPS) is 11.4. The molecule has 0 unspecified atom stereocenters. The van der Waals surface area contributed by atoms with Crippen LogP contribution in [0.15, 0.2) is 0 Å². The Labute approximate surface area is 90.7 Å². The van der Waals surface area contributed by atoms with Crippen LogP contribution in [0.3, 0.4) is 0 Å². The summed E-state index contributed by atoms with van der Waals surface area (Å²) in [6, 6.07) is 0. The third-order valence-corrected chi connectivity index (χ3v) is 3.21. The molecule has 0 saturated carbocycles. The van der Waals surface area contributed by atoms with E-state index in [4.69, 9.17) is 0 Å². The maximum Gasteiger partial charge on any atom is 0.221 e. The number of carbonyl (C=O) groups is 1. The molecule has 2 N–H and O–H groups in total. The van der Waals surface area contributed by atoms with Crippen molar-refractivity contribution in [2.45, 2.75) is 38.6 Å². The standard InChI is InChI=1S/C10H21NO2S/c1-4-10(5-2,8-12)11-9(13)6-7-14-3/h12H,4-8H2,1-3H3,(H,11,13). The number of carbonyl (C=O) groups excluding carboxylic acids is 1. The fourth-order valence-corrected chi connectivity index (χ4v) is 1.63. The van der Waals surface area contributed by atoms with Crippen molar-refractivity contribution >= 4 is 17.7 Å². The van der Waals surface area contributed by atoms with Gasteiger partial charge >= 0.3 is 0 Å². The summed E-state index contributed by atoms with van der Waals surface area (Å²) >= 11 is 1.66. The van der Waals surface area contributed by atoms with Crippen molar-refractivity contribution in [1.29, 1.82) is 0 Å². The highest BCUT2D eigenvalue weighted by Gasteiger charge is 2.26. The lowest BCUT2D eigenvalue weighted by molar-refractivity contribution is -0.123. The molecule has 0 fully saturated rings. The van der Waals surface area contributed by atoms with Crippen LogP contribution in [-0.2, 0) is 4.79 Å². The third kappa shape index (κ3) is 4.33. The van der Waals surface area contributed by atoms with E-state index in [1.54, 1.807) is 11.8 Å². The summed E-state index contributed by atoms with van der Waals surface area (Å²) in [6.45, 7) is 3.98. The molecule has 0 bridgehead atoms. The van der Waals surface area contributed by atoms with Gasteiger partial charge in [0, 0.05) is 12.2 Å². The number of hydrogen-bond acceptors (Lipinski definition) is 3. The molecular weight excluding hydrogens is 198 g/mol. The molecule has 0 rings (SSSR count). The Morgan fingerprint density at radius 1 is 1.43 bits per heavy atom. The maximum atomic E-state index is 11.5. The van der Waals surface area contributed by atoms with Gasteiger partial charge in [0.1, 0.15) is 0 Å². The average molecular weight is 219 g/mol. The van der Waals surface area contributed by atoms with Gasteiger partial charge in [-0.15, -0.1) is 0 Å². The van der Waals surface area contributed by atoms with E-state index in [0.717, 1.165) is 18.6 Å². The zero-order valence-electron chi connectivity index (χ0n) is 9.30. The van der Waals surface area contributed by atoms with Crippen molar-refractivity contribution in [3.05, 3.63) is 0 Å². The van der Waals surface area contributed by atoms with Crippen LogP contribution >= 0.6 is 11.8 Å². The fourth-order valence-electron chi connectivity index (χ4n) is 1.24. The minimum atomic E-state index is -0.407. The number of nitrogens with one attached hydrogen (secondary N) is 1. The first-order valence-corrected chi connectivity index (χ1v) is 6.44. The van der Waals surface area contributed by atoms with E-state index in [0.29, 0.717) is 6.42 Å². The van der Waals surface area contributed by atoms with Crippen LogP contribution in [0, 0.1) is 0 Å². The minimum Gasteiger partial charge on any atom is -0.394 e. The highest BCUT2D eigenvalue weighted by Crippen LogP contribution is 2.14. The predicted octanol–water partition coefficient (Wildman–Crippen LogP) is 1.41. The molecule has 0 heterocycles. The first-order chi connectivity index (χ1) is 6.64. The zero-order valence-corrected chi connectivity index (χ0v) is 10.1. The lowest BCUT2D eigenvalue weighted by atomic mass is 9.94. The Balaban J connectivity index is 4.08. The SMILES string of the molecule is CCC(CC)(CO)NC(=O)CCSC. The van der Waals surface area contributed by atoms with Gasteiger partial charge in [-0.25, -0.2) is 0 Å². The second kappa shape index (κ2) is 7.12. The Morgan fingerprint density at radius 3 is 2.36 bits per heavy atom. The molecule has 3 nitrogen and oxygen atoms in total. The second-order valence-corrected chi connectivity index (χ2v) is 4.42. The number of amides is 1. The van der Waals surface area contributed by atoms with Gasteiger partial charge in [-0.2, -0.15) is 11.8 Å². The summed E-state index contributed by atoms with van der Waals surface area (Å²) in [5.41, 5.74) is -0.407. The van der Waals surface area contributed by atoms with Crippen molar-refractivity contribution in [1.82, 2.24) is 5.32 Å². The summed E-state index contributed by atoms with van der Waals surface area (Å²) in [6.07, 6.45) is 4.05. The van der Waals surface area contributed by atoms with Gasteiger partial charge in [0.15, 0.2) is 0 Å². The van der Waals surface area contributed by atoms with E-state index < -0.39 is 5.54 Å². The lowest BCUT2D eigenvalue weighted by Gasteiger charge is -2.30. The number of hydrogen-bond donors (Lipinski definition) is 2. The van der Waals surface area contributed by atoms with E-state index >= 15 is 0 Å². The molecule has 84 valence electrons. The van der Waals surface area contributed by atoms with Gasteiger partial charge in [0.25, 0.3) is 0 Å². The average Bonchev–Trinajstić information content (AvgIpc) is 2.23. The highest BCUT2D eigenvalue weighted by molar-refractivity contribution is 7.98. The van der Waals surface area contributed by atoms with Crippen molar-refractivity contribution in [2.75, 3.05) is 18.6 Å². The van der Waals surface area contributed by atoms with Crippen LogP contribution in [0.2, 0.25) is 0 Å². The first kappa shape index (κ1) is 13.8. The molecule has 0 saturated heterocycles. The molecule has 0 aromatic heterocycles. The smallest absolute Gasteiger partial charge is 0.221 e. The Kier molecular flexibility index (Phi) is 7.01. The second-order valence-electron chi connectivity index (χ2n) is 3.44. The molecule has 0 aromatic rings. The van der Waals surface area contributed by atoms with Crippen molar-refractivity contribution in [3.63, 3.8) is 0 Å². The molecule has 0 aliphatic rings. The summed E-state index contributed by atoms with van der Waals surface area (Å²) in [4.78, 5) is 11.5.